The number of alkyl halides is 3. The van der Waals surface area contributed by atoms with Crippen LogP contribution < -0.4 is 4.42 Å². The highest BCUT2D eigenvalue weighted by atomic mass is 35.5. The van der Waals surface area contributed by atoms with Gasteiger partial charge in [0.05, 0.1) is 11.3 Å². The highest BCUT2D eigenvalue weighted by molar-refractivity contribution is 6.35. The van der Waals surface area contributed by atoms with Crippen molar-refractivity contribution in [1.82, 2.24) is 0 Å². The van der Waals surface area contributed by atoms with E-state index in [2.05, 4.69) is 0 Å². The molecule has 0 aromatic heterocycles. The average molecular weight is 240 g/mol. The molecule has 1 aromatic rings. The molecule has 0 heterocycles. The van der Waals surface area contributed by atoms with Crippen LogP contribution in [0.25, 0.3) is 0 Å². The van der Waals surface area contributed by atoms with Gasteiger partial charge in [-0.3, -0.25) is 0 Å². The van der Waals surface area contributed by atoms with Crippen molar-refractivity contribution in [1.29, 1.82) is 0 Å². The summed E-state index contributed by atoms with van der Waals surface area (Å²) in [5.74, 6) is 0. The molecule has 0 spiro atoms. The first kappa shape index (κ1) is 11.6. The number of hydrogen-bond acceptors (Lipinski definition) is 1. The van der Waals surface area contributed by atoms with Crippen LogP contribution in [0, 0.1) is 0 Å². The van der Waals surface area contributed by atoms with E-state index in [0.717, 1.165) is 18.2 Å². The zero-order valence-corrected chi connectivity index (χ0v) is 7.88. The molecule has 0 fully saturated rings. The van der Waals surface area contributed by atoms with Crippen LogP contribution in [0.3, 0.4) is 0 Å². The SMILES string of the molecule is O=C(O)N(Cl)c1cccc(C(F)(F)F)c1. The highest BCUT2D eigenvalue weighted by Gasteiger charge is 2.31. The Labute approximate surface area is 87.8 Å². The van der Waals surface area contributed by atoms with Crippen LogP contribution in [0.1, 0.15) is 5.56 Å². The molecule has 0 atom stereocenters. The molecule has 0 aliphatic rings. The third kappa shape index (κ3) is 2.76. The summed E-state index contributed by atoms with van der Waals surface area (Å²) in [7, 11) is 0. The second-order valence-electron chi connectivity index (χ2n) is 2.61. The number of benzene rings is 1. The fourth-order valence-corrected chi connectivity index (χ4v) is 1.02. The van der Waals surface area contributed by atoms with Crippen LogP contribution in [0.15, 0.2) is 24.3 Å². The first-order valence-corrected chi connectivity index (χ1v) is 4.02. The predicted octanol–water partition coefficient (Wildman–Crippen LogP) is 3.34. The average Bonchev–Trinajstić information content (AvgIpc) is 2.15. The van der Waals surface area contributed by atoms with Crippen molar-refractivity contribution >= 4 is 23.6 Å². The molecule has 0 saturated heterocycles. The molecule has 0 aliphatic carbocycles. The largest absolute Gasteiger partial charge is 0.464 e. The summed E-state index contributed by atoms with van der Waals surface area (Å²) in [6.07, 6.45) is -6.07. The van der Waals surface area contributed by atoms with Crippen LogP contribution >= 0.6 is 11.8 Å². The molecule has 15 heavy (non-hydrogen) atoms. The minimum atomic E-state index is -4.52. The van der Waals surface area contributed by atoms with E-state index in [1.807, 2.05) is 0 Å². The number of carboxylic acid groups (broad SMARTS) is 1. The van der Waals surface area contributed by atoms with Crippen molar-refractivity contribution in [2.24, 2.45) is 0 Å². The normalized spacial score (nSPS) is 11.2. The topological polar surface area (TPSA) is 40.5 Å². The van der Waals surface area contributed by atoms with Crippen molar-refractivity contribution in [2.75, 3.05) is 4.42 Å². The Kier molecular flexibility index (Phi) is 3.09. The van der Waals surface area contributed by atoms with E-state index < -0.39 is 17.8 Å². The molecule has 1 amide bonds. The second kappa shape index (κ2) is 3.98. The van der Waals surface area contributed by atoms with Gasteiger partial charge in [-0.1, -0.05) is 6.07 Å². The van der Waals surface area contributed by atoms with Gasteiger partial charge in [0, 0.05) is 11.8 Å². The number of carbonyl (C=O) groups is 1. The Morgan fingerprint density at radius 2 is 2.00 bits per heavy atom. The lowest BCUT2D eigenvalue weighted by atomic mass is 10.2. The quantitative estimate of drug-likeness (QED) is 0.764. The van der Waals surface area contributed by atoms with Crippen molar-refractivity contribution in [2.45, 2.75) is 6.18 Å². The van der Waals surface area contributed by atoms with Crippen molar-refractivity contribution in [3.05, 3.63) is 29.8 Å². The molecule has 0 saturated carbocycles. The molecule has 7 heteroatoms. The zero-order chi connectivity index (χ0) is 11.6. The van der Waals surface area contributed by atoms with Gasteiger partial charge in [-0.05, 0) is 18.2 Å². The summed E-state index contributed by atoms with van der Waals surface area (Å²) in [4.78, 5) is 10.4. The smallest absolute Gasteiger partial charge is 0.426 e. The molecule has 82 valence electrons. The highest BCUT2D eigenvalue weighted by Crippen LogP contribution is 2.31. The summed E-state index contributed by atoms with van der Waals surface area (Å²) in [6, 6.07) is 3.73. The van der Waals surface area contributed by atoms with Gasteiger partial charge in [0.15, 0.2) is 0 Å². The lowest BCUT2D eigenvalue weighted by Crippen LogP contribution is -2.18. The monoisotopic (exact) mass is 239 g/mol. The Morgan fingerprint density at radius 3 is 2.47 bits per heavy atom. The van der Waals surface area contributed by atoms with Crippen LogP contribution in [0.2, 0.25) is 0 Å². The van der Waals surface area contributed by atoms with Gasteiger partial charge in [0.2, 0.25) is 0 Å². The Balaban J connectivity index is 3.08. The molecule has 0 bridgehead atoms. The van der Waals surface area contributed by atoms with Crippen LogP contribution in [0.4, 0.5) is 23.7 Å². The van der Waals surface area contributed by atoms with E-state index in [9.17, 15) is 18.0 Å². The maximum absolute atomic E-state index is 12.2. The lowest BCUT2D eigenvalue weighted by Gasteiger charge is -2.12. The van der Waals surface area contributed by atoms with Gasteiger partial charge < -0.3 is 5.11 Å². The first-order valence-electron chi connectivity index (χ1n) is 3.68. The van der Waals surface area contributed by atoms with Crippen LogP contribution in [-0.4, -0.2) is 11.2 Å². The molecular weight excluding hydrogens is 235 g/mol. The minimum absolute atomic E-state index is 0.190. The van der Waals surface area contributed by atoms with Crippen LogP contribution in [-0.2, 0) is 6.18 Å². The van der Waals surface area contributed by atoms with Gasteiger partial charge in [-0.15, -0.1) is 0 Å². The van der Waals surface area contributed by atoms with Crippen molar-refractivity contribution in [3.8, 4) is 0 Å². The molecule has 1 aromatic carbocycles. The van der Waals surface area contributed by atoms with Gasteiger partial charge in [0.25, 0.3) is 0 Å². The molecule has 1 rings (SSSR count). The summed E-state index contributed by atoms with van der Waals surface area (Å²) >= 11 is 5.23. The molecule has 0 unspecified atom stereocenters. The zero-order valence-electron chi connectivity index (χ0n) is 7.12. The van der Waals surface area contributed by atoms with E-state index in [4.69, 9.17) is 16.9 Å². The summed E-state index contributed by atoms with van der Waals surface area (Å²) in [6.45, 7) is 0. The number of nitrogens with zero attached hydrogens (tertiary/aromatic N) is 1. The van der Waals surface area contributed by atoms with E-state index >= 15 is 0 Å². The van der Waals surface area contributed by atoms with Gasteiger partial charge in [-0.2, -0.15) is 17.6 Å². The summed E-state index contributed by atoms with van der Waals surface area (Å²) in [5.41, 5.74) is -1.20. The fraction of sp³-hybridized carbons (Fsp3) is 0.125. The number of rotatable bonds is 1. The first-order chi connectivity index (χ1) is 6.82. The Morgan fingerprint density at radius 1 is 1.40 bits per heavy atom. The van der Waals surface area contributed by atoms with E-state index in [1.165, 1.54) is 0 Å². The van der Waals surface area contributed by atoms with E-state index in [1.54, 1.807) is 0 Å². The van der Waals surface area contributed by atoms with E-state index in [0.29, 0.717) is 6.07 Å². The maximum atomic E-state index is 12.2. The lowest BCUT2D eigenvalue weighted by molar-refractivity contribution is -0.137. The van der Waals surface area contributed by atoms with Crippen molar-refractivity contribution < 1.29 is 23.1 Å². The minimum Gasteiger partial charge on any atom is -0.464 e. The molecular formula is C8H5ClF3NO2. The number of amides is 1. The number of halogens is 4. The molecule has 0 radical (unpaired) electrons. The second-order valence-corrected chi connectivity index (χ2v) is 2.95. The Bertz CT molecular complexity index is 380. The predicted molar refractivity (Wildman–Crippen MR) is 47.8 cm³/mol. The fourth-order valence-electron chi connectivity index (χ4n) is 0.915. The third-order valence-electron chi connectivity index (χ3n) is 1.57. The standard InChI is InChI=1S/C8H5ClF3NO2/c9-13(7(14)15)6-3-1-2-5(4-6)8(10,11)12/h1-4H,(H,14,15). The van der Waals surface area contributed by atoms with Gasteiger partial charge in [0.1, 0.15) is 0 Å². The van der Waals surface area contributed by atoms with Crippen LogP contribution in [0.5, 0.6) is 0 Å². The number of hydrogen-bond donors (Lipinski definition) is 1. The molecule has 3 nitrogen and oxygen atoms in total. The number of anilines is 1. The van der Waals surface area contributed by atoms with Gasteiger partial charge >= 0.3 is 12.3 Å². The van der Waals surface area contributed by atoms with Crippen molar-refractivity contribution in [3.63, 3.8) is 0 Å². The summed E-state index contributed by atoms with van der Waals surface area (Å²) in [5, 5.41) is 8.44. The molecule has 1 N–H and O–H groups in total. The molecule has 0 aliphatic heterocycles. The van der Waals surface area contributed by atoms with E-state index in [-0.39, 0.29) is 10.1 Å². The van der Waals surface area contributed by atoms with Gasteiger partial charge in [-0.25, -0.2) is 4.79 Å². The Hall–Kier alpha value is -1.43. The summed E-state index contributed by atoms with van der Waals surface area (Å²) < 4.78 is 36.9. The maximum Gasteiger partial charge on any atom is 0.426 e. The third-order valence-corrected chi connectivity index (χ3v) is 1.91.